The molecule has 3 rings (SSSR count). The van der Waals surface area contributed by atoms with Crippen molar-refractivity contribution in [2.24, 2.45) is 0 Å². The van der Waals surface area contributed by atoms with Crippen molar-refractivity contribution in [3.05, 3.63) is 58.0 Å². The summed E-state index contributed by atoms with van der Waals surface area (Å²) in [5.74, 6) is -1.24. The second-order valence-corrected chi connectivity index (χ2v) is 6.49. The van der Waals surface area contributed by atoms with Gasteiger partial charge >= 0.3 is 5.97 Å². The first-order valence-electron chi connectivity index (χ1n) is 7.39. The molecule has 6 heteroatoms. The van der Waals surface area contributed by atoms with E-state index in [1.54, 1.807) is 0 Å². The molecular formula is C17H16FNO3S. The van der Waals surface area contributed by atoms with Crippen LogP contribution in [0, 0.1) is 5.82 Å². The molecule has 1 aliphatic rings. The third-order valence-electron chi connectivity index (χ3n) is 3.48. The summed E-state index contributed by atoms with van der Waals surface area (Å²) in [6.07, 6.45) is 0.936. The Morgan fingerprint density at radius 1 is 1.26 bits per heavy atom. The monoisotopic (exact) mass is 333 g/mol. The Labute approximate surface area is 137 Å². The van der Waals surface area contributed by atoms with Crippen molar-refractivity contribution < 1.29 is 18.7 Å². The summed E-state index contributed by atoms with van der Waals surface area (Å²) >= 11 is 1.45. The number of carbonyl (C=O) groups excluding carboxylic acids is 2. The lowest BCUT2D eigenvalue weighted by atomic mass is 10.1. The summed E-state index contributed by atoms with van der Waals surface area (Å²) in [6, 6.07) is 9.27. The second kappa shape index (κ2) is 6.91. The molecule has 0 aliphatic heterocycles. The number of amides is 1. The lowest BCUT2D eigenvalue weighted by Gasteiger charge is -2.18. The topological polar surface area (TPSA) is 55.4 Å². The molecule has 23 heavy (non-hydrogen) atoms. The van der Waals surface area contributed by atoms with Crippen molar-refractivity contribution in [1.82, 2.24) is 5.32 Å². The predicted octanol–water partition coefficient (Wildman–Crippen LogP) is 2.99. The second-order valence-electron chi connectivity index (χ2n) is 5.46. The largest absolute Gasteiger partial charge is 0.447 e. The number of halogens is 1. The molecule has 1 aliphatic carbocycles. The Morgan fingerprint density at radius 2 is 2.00 bits per heavy atom. The fourth-order valence-corrected chi connectivity index (χ4v) is 2.83. The van der Waals surface area contributed by atoms with E-state index in [0.29, 0.717) is 5.56 Å². The van der Waals surface area contributed by atoms with E-state index in [1.807, 2.05) is 17.5 Å². The fraction of sp³-hybridized carbons (Fsp3) is 0.294. The quantitative estimate of drug-likeness (QED) is 0.827. The molecule has 0 bridgehead atoms. The third kappa shape index (κ3) is 4.39. The molecule has 1 atom stereocenters. The molecule has 1 amide bonds. The summed E-state index contributed by atoms with van der Waals surface area (Å²) < 4.78 is 18.5. The minimum atomic E-state index is -1.05. The number of nitrogens with one attached hydrogen (secondary N) is 1. The van der Waals surface area contributed by atoms with Gasteiger partial charge in [0.1, 0.15) is 5.82 Å². The SMILES string of the molecule is O=C(Cc1cccs1)OC(C(=O)NC1CC1)c1ccc(F)cc1. The van der Waals surface area contributed by atoms with Gasteiger partial charge in [-0.05, 0) is 36.4 Å². The van der Waals surface area contributed by atoms with Gasteiger partial charge < -0.3 is 10.1 Å². The van der Waals surface area contributed by atoms with E-state index < -0.39 is 17.9 Å². The van der Waals surface area contributed by atoms with Crippen molar-refractivity contribution >= 4 is 23.2 Å². The lowest BCUT2D eigenvalue weighted by molar-refractivity contribution is -0.155. The van der Waals surface area contributed by atoms with Gasteiger partial charge in [-0.1, -0.05) is 18.2 Å². The Bertz CT molecular complexity index is 680. The summed E-state index contributed by atoms with van der Waals surface area (Å²) in [5, 5.41) is 4.70. The first kappa shape index (κ1) is 15.7. The number of hydrogen-bond donors (Lipinski definition) is 1. The average Bonchev–Trinajstić information content (AvgIpc) is 3.19. The van der Waals surface area contributed by atoms with Crippen molar-refractivity contribution in [2.45, 2.75) is 31.4 Å². The van der Waals surface area contributed by atoms with Gasteiger partial charge in [0.2, 0.25) is 6.10 Å². The number of esters is 1. The zero-order valence-electron chi connectivity index (χ0n) is 12.3. The maximum atomic E-state index is 13.1. The maximum Gasteiger partial charge on any atom is 0.312 e. The molecule has 1 saturated carbocycles. The average molecular weight is 333 g/mol. The van der Waals surface area contributed by atoms with E-state index in [1.165, 1.54) is 35.6 Å². The van der Waals surface area contributed by atoms with Crippen LogP contribution < -0.4 is 5.32 Å². The van der Waals surface area contributed by atoms with E-state index in [0.717, 1.165) is 17.7 Å². The van der Waals surface area contributed by atoms with Crippen molar-refractivity contribution in [1.29, 1.82) is 0 Å². The number of carbonyl (C=O) groups is 2. The Hall–Kier alpha value is -2.21. The van der Waals surface area contributed by atoms with E-state index in [2.05, 4.69) is 5.32 Å². The van der Waals surface area contributed by atoms with Crippen LogP contribution in [0.25, 0.3) is 0 Å². The highest BCUT2D eigenvalue weighted by Crippen LogP contribution is 2.24. The van der Waals surface area contributed by atoms with E-state index in [-0.39, 0.29) is 18.4 Å². The zero-order valence-corrected chi connectivity index (χ0v) is 13.1. The van der Waals surface area contributed by atoms with Gasteiger partial charge in [0.25, 0.3) is 5.91 Å². The number of rotatable bonds is 6. The molecule has 1 unspecified atom stereocenters. The summed E-state index contributed by atoms with van der Waals surface area (Å²) in [4.78, 5) is 25.3. The molecular weight excluding hydrogens is 317 g/mol. The molecule has 120 valence electrons. The van der Waals surface area contributed by atoms with Gasteiger partial charge in [-0.2, -0.15) is 0 Å². The molecule has 1 aromatic heterocycles. The van der Waals surface area contributed by atoms with Gasteiger partial charge in [-0.15, -0.1) is 11.3 Å². The summed E-state index contributed by atoms with van der Waals surface area (Å²) in [5.41, 5.74) is 0.462. The number of thiophene rings is 1. The highest BCUT2D eigenvalue weighted by atomic mass is 32.1. The van der Waals surface area contributed by atoms with Crippen LogP contribution in [0.2, 0.25) is 0 Å². The van der Waals surface area contributed by atoms with Crippen LogP contribution in [-0.4, -0.2) is 17.9 Å². The Morgan fingerprint density at radius 3 is 2.61 bits per heavy atom. The van der Waals surface area contributed by atoms with Crippen LogP contribution in [0.1, 0.15) is 29.4 Å². The fourth-order valence-electron chi connectivity index (χ4n) is 2.14. The first-order chi connectivity index (χ1) is 11.1. The third-order valence-corrected chi connectivity index (χ3v) is 4.36. The van der Waals surface area contributed by atoms with Crippen LogP contribution >= 0.6 is 11.3 Å². The molecule has 1 fully saturated rings. The minimum Gasteiger partial charge on any atom is -0.447 e. The highest BCUT2D eigenvalue weighted by Gasteiger charge is 2.30. The highest BCUT2D eigenvalue weighted by molar-refractivity contribution is 7.10. The van der Waals surface area contributed by atoms with E-state index in [4.69, 9.17) is 4.74 Å². The standard InChI is InChI=1S/C17H16FNO3S/c18-12-5-3-11(4-6-12)16(17(21)19-13-7-8-13)22-15(20)10-14-2-1-9-23-14/h1-6,9,13,16H,7-8,10H2,(H,19,21). The lowest BCUT2D eigenvalue weighted by Crippen LogP contribution is -2.33. The van der Waals surface area contributed by atoms with Gasteiger partial charge in [0.05, 0.1) is 6.42 Å². The number of hydrogen-bond acceptors (Lipinski definition) is 4. The van der Waals surface area contributed by atoms with Crippen molar-refractivity contribution in [3.8, 4) is 0 Å². The maximum absolute atomic E-state index is 13.1. The number of benzene rings is 1. The normalized spacial score (nSPS) is 15.0. The van der Waals surface area contributed by atoms with Gasteiger partial charge in [0, 0.05) is 16.5 Å². The molecule has 0 spiro atoms. The number of ether oxygens (including phenoxy) is 1. The summed E-state index contributed by atoms with van der Waals surface area (Å²) in [7, 11) is 0. The van der Waals surface area contributed by atoms with Gasteiger partial charge in [-0.3, -0.25) is 9.59 Å². The van der Waals surface area contributed by atoms with Gasteiger partial charge in [-0.25, -0.2) is 4.39 Å². The van der Waals surface area contributed by atoms with Crippen LogP contribution in [0.4, 0.5) is 4.39 Å². The van der Waals surface area contributed by atoms with Crippen LogP contribution in [0.3, 0.4) is 0 Å². The van der Waals surface area contributed by atoms with Crippen LogP contribution in [0.15, 0.2) is 41.8 Å². The Balaban J connectivity index is 1.72. The molecule has 2 aromatic rings. The molecule has 1 aromatic carbocycles. The molecule has 1 heterocycles. The minimum absolute atomic E-state index is 0.117. The van der Waals surface area contributed by atoms with E-state index in [9.17, 15) is 14.0 Å². The Kier molecular flexibility index (Phi) is 4.71. The van der Waals surface area contributed by atoms with Crippen molar-refractivity contribution in [3.63, 3.8) is 0 Å². The molecule has 0 radical (unpaired) electrons. The first-order valence-corrected chi connectivity index (χ1v) is 8.27. The zero-order chi connectivity index (χ0) is 16.2. The van der Waals surface area contributed by atoms with Crippen LogP contribution in [-0.2, 0) is 20.7 Å². The van der Waals surface area contributed by atoms with E-state index >= 15 is 0 Å². The molecule has 0 saturated heterocycles. The molecule has 1 N–H and O–H groups in total. The smallest absolute Gasteiger partial charge is 0.312 e. The summed E-state index contributed by atoms with van der Waals surface area (Å²) in [6.45, 7) is 0. The van der Waals surface area contributed by atoms with Crippen LogP contribution in [0.5, 0.6) is 0 Å². The predicted molar refractivity (Wildman–Crippen MR) is 84.4 cm³/mol. The van der Waals surface area contributed by atoms with Gasteiger partial charge in [0.15, 0.2) is 0 Å². The van der Waals surface area contributed by atoms with Crippen molar-refractivity contribution in [2.75, 3.05) is 0 Å². The molecule has 4 nitrogen and oxygen atoms in total.